The quantitative estimate of drug-likeness (QED) is 0.0254. The van der Waals surface area contributed by atoms with Gasteiger partial charge in [-0.3, -0.25) is 29.3 Å². The normalized spacial score (nSPS) is 16.4. The number of hydrogen-bond acceptors (Lipinski definition) is 16. The number of likely N-dealkylation sites (tertiary alicyclic amines) is 1. The van der Waals surface area contributed by atoms with Gasteiger partial charge in [-0.05, 0) is 143 Å². The Morgan fingerprint density at radius 3 is 2.29 bits per heavy atom. The minimum atomic E-state index is -0.752. The Hall–Kier alpha value is -7.43. The van der Waals surface area contributed by atoms with E-state index in [0.29, 0.717) is 120 Å². The molecule has 2 fully saturated rings. The number of aryl methyl sites for hydroxylation is 1. The van der Waals surface area contributed by atoms with E-state index in [2.05, 4.69) is 46.4 Å². The Labute approximate surface area is 514 Å². The monoisotopic (exact) mass is 1210 g/mol. The first kappa shape index (κ1) is 64.1. The number of fused-ring (bicyclic) bond motifs is 1. The van der Waals surface area contributed by atoms with Gasteiger partial charge in [0.15, 0.2) is 11.6 Å². The molecule has 9 rings (SSSR count). The highest BCUT2D eigenvalue weighted by Crippen LogP contribution is 2.35. The van der Waals surface area contributed by atoms with Gasteiger partial charge in [-0.1, -0.05) is 63.9 Å². The summed E-state index contributed by atoms with van der Waals surface area (Å²) in [5.41, 5.74) is 7.44. The second-order valence-electron chi connectivity index (χ2n) is 23.5. The fourth-order valence-electron chi connectivity index (χ4n) is 11.1. The van der Waals surface area contributed by atoms with Crippen molar-refractivity contribution in [1.29, 1.82) is 0 Å². The summed E-state index contributed by atoms with van der Waals surface area (Å²) >= 11 is 1.60. The summed E-state index contributed by atoms with van der Waals surface area (Å²) in [4.78, 5) is 75.1. The average molecular weight is 1210 g/mol. The molecule has 6 aromatic rings. The number of amides is 4. The maximum absolute atomic E-state index is 14.0. The molecule has 2 atom stereocenters. The van der Waals surface area contributed by atoms with Crippen molar-refractivity contribution in [3.8, 4) is 33.3 Å². The van der Waals surface area contributed by atoms with Crippen LogP contribution in [0.5, 0.6) is 11.5 Å². The second-order valence-corrected chi connectivity index (χ2v) is 24.4. The van der Waals surface area contributed by atoms with Crippen LogP contribution in [0.25, 0.3) is 21.8 Å². The van der Waals surface area contributed by atoms with Crippen molar-refractivity contribution < 1.29 is 42.9 Å². The summed E-state index contributed by atoms with van der Waals surface area (Å²) < 4.78 is 29.4. The lowest BCUT2D eigenvalue weighted by molar-refractivity contribution is -0.143. The Morgan fingerprint density at radius 1 is 0.839 bits per heavy atom. The Bertz CT molecular complexity index is 3210. The van der Waals surface area contributed by atoms with Crippen LogP contribution in [-0.4, -0.2) is 144 Å². The van der Waals surface area contributed by atoms with Crippen LogP contribution in [0.15, 0.2) is 102 Å². The highest BCUT2D eigenvalue weighted by atomic mass is 32.1. The van der Waals surface area contributed by atoms with E-state index in [1.807, 2.05) is 106 Å². The van der Waals surface area contributed by atoms with E-state index < -0.39 is 23.0 Å². The average Bonchev–Trinajstić information content (AvgIpc) is 2.31. The van der Waals surface area contributed by atoms with E-state index in [1.54, 1.807) is 34.7 Å². The van der Waals surface area contributed by atoms with Crippen LogP contribution in [0.4, 0.5) is 5.69 Å². The predicted octanol–water partition coefficient (Wildman–Crippen LogP) is 9.79. The number of rotatable bonds is 31. The number of benzene rings is 3. The molecule has 2 unspecified atom stereocenters. The molecule has 3 aliphatic rings. The zero-order valence-electron chi connectivity index (χ0n) is 50.8. The highest BCUT2D eigenvalue weighted by molar-refractivity contribution is 7.13. The molecular weight excluding hydrogens is 1120 g/mol. The zero-order valence-corrected chi connectivity index (χ0v) is 51.7. The van der Waals surface area contributed by atoms with Gasteiger partial charge < -0.3 is 49.9 Å². The van der Waals surface area contributed by atoms with Gasteiger partial charge in [0, 0.05) is 73.9 Å². The van der Waals surface area contributed by atoms with Gasteiger partial charge in [0.05, 0.1) is 67.0 Å². The predicted molar refractivity (Wildman–Crippen MR) is 336 cm³/mol. The molecule has 0 spiro atoms. The summed E-state index contributed by atoms with van der Waals surface area (Å²) in [5, 5.41) is 20.9. The van der Waals surface area contributed by atoms with Gasteiger partial charge in [0.1, 0.15) is 23.6 Å². The fourth-order valence-corrected chi connectivity index (χ4v) is 11.9. The molecule has 4 amide bonds. The fraction of sp³-hybridized carbons (Fsp3) is 0.500. The number of pyridine rings is 1. The van der Waals surface area contributed by atoms with Crippen molar-refractivity contribution in [2.75, 3.05) is 77.8 Å². The number of unbranched alkanes of at least 4 members (excludes halogenated alkanes) is 5. The molecule has 0 saturated carbocycles. The maximum Gasteiger partial charge on any atom is 0.277 e. The van der Waals surface area contributed by atoms with Gasteiger partial charge in [-0.2, -0.15) is 5.10 Å². The van der Waals surface area contributed by atoms with Crippen molar-refractivity contribution in [3.05, 3.63) is 125 Å². The van der Waals surface area contributed by atoms with Crippen molar-refractivity contribution in [3.63, 3.8) is 0 Å². The summed E-state index contributed by atoms with van der Waals surface area (Å²) in [6, 6.07) is 23.7. The molecule has 3 aromatic heterocycles. The lowest BCUT2D eigenvalue weighted by atomic mass is 9.85. The molecule has 87 heavy (non-hydrogen) atoms. The molecule has 2 saturated heterocycles. The van der Waals surface area contributed by atoms with E-state index in [0.717, 1.165) is 115 Å². The van der Waals surface area contributed by atoms with Crippen LogP contribution in [0.1, 0.15) is 137 Å². The molecule has 3 aromatic carbocycles. The molecule has 464 valence electrons. The van der Waals surface area contributed by atoms with E-state index in [4.69, 9.17) is 28.7 Å². The third kappa shape index (κ3) is 18.3. The van der Waals surface area contributed by atoms with Crippen molar-refractivity contribution in [1.82, 2.24) is 46.0 Å². The van der Waals surface area contributed by atoms with E-state index in [-0.39, 0.29) is 23.6 Å². The number of carbonyl (C=O) groups is 4. The van der Waals surface area contributed by atoms with Crippen LogP contribution in [0.2, 0.25) is 0 Å². The highest BCUT2D eigenvalue weighted by Gasteiger charge is 2.42. The van der Waals surface area contributed by atoms with Gasteiger partial charge in [-0.25, -0.2) is 15.0 Å². The smallest absolute Gasteiger partial charge is 0.277 e. The number of aliphatic imine (C=N–C) groups is 1. The van der Waals surface area contributed by atoms with E-state index in [1.165, 1.54) is 0 Å². The third-order valence-electron chi connectivity index (χ3n) is 16.0. The molecule has 21 heteroatoms. The first-order valence-corrected chi connectivity index (χ1v) is 31.8. The van der Waals surface area contributed by atoms with Gasteiger partial charge in [0.2, 0.25) is 17.7 Å². The SMILES string of the molecule is Cc1ncsc1-c1ccc(CNC(=O)C2CCCN2C(=O)C(NC(=O)CCCCCOCCOCCOCCCCCCOc2ccc3c(c2)C(=NC(=O)c2cccc(NC4(c5nc(-c6ccncc6)n[nH]5)CCNCC4)c2)CCO3)C(C)(C)C)cc1. The number of piperidine rings is 1. The zero-order chi connectivity index (χ0) is 60.9. The molecule has 20 nitrogen and oxygen atoms in total. The van der Waals surface area contributed by atoms with Gasteiger partial charge in [0.25, 0.3) is 5.91 Å². The summed E-state index contributed by atoms with van der Waals surface area (Å²) in [6.45, 7) is 14.5. The lowest BCUT2D eigenvalue weighted by Crippen LogP contribution is -2.57. The molecule has 5 N–H and O–H groups in total. The van der Waals surface area contributed by atoms with Crippen LogP contribution < -0.4 is 30.7 Å². The Kier molecular flexibility index (Phi) is 23.6. The number of nitrogens with zero attached hydrogens (tertiary/aromatic N) is 6. The topological polar surface area (TPSA) is 245 Å². The van der Waals surface area contributed by atoms with Crippen molar-refractivity contribution >= 4 is 46.4 Å². The minimum absolute atomic E-state index is 0.170. The van der Waals surface area contributed by atoms with Crippen LogP contribution in [0.3, 0.4) is 0 Å². The number of H-pyrrole nitrogens is 1. The lowest BCUT2D eigenvalue weighted by Gasteiger charge is -2.37. The number of carbonyl (C=O) groups excluding carboxylic acids is 4. The molecular formula is C66H85N11O9S. The number of hydrogen-bond donors (Lipinski definition) is 5. The summed E-state index contributed by atoms with van der Waals surface area (Å²) in [7, 11) is 0. The van der Waals surface area contributed by atoms with Crippen molar-refractivity contribution in [2.45, 2.75) is 135 Å². The van der Waals surface area contributed by atoms with Gasteiger partial charge >= 0.3 is 0 Å². The number of aromatic amines is 1. The number of aromatic nitrogens is 5. The Morgan fingerprint density at radius 2 is 1.56 bits per heavy atom. The Balaban J connectivity index is 0.589. The standard InChI is InChI=1S/C66H85N11O9S/c1-46-58(87-45-70-46)48-20-18-47(19-21-48)44-69-62(80)55-16-13-33-77(55)63(81)59(65(2,3)4)72-57(78)17-8-7-10-35-83-39-41-84-40-38-82-34-9-5-6-11-36-85-52-22-23-56-53(43-52)54(26-37-86-56)71-61(79)50-14-12-15-51(42-50)74-66(27-31-68-32-28-66)64-73-60(75-76-64)49-24-29-67-30-25-49/h12,14-15,18-25,29-30,42-43,45,55,59,68,74H,5-11,13,16-17,26-28,31-41,44H2,1-4H3,(H,69,80)(H,72,78)(H,73,75,76). The number of anilines is 1. The molecule has 0 bridgehead atoms. The number of ether oxygens (including phenoxy) is 5. The summed E-state index contributed by atoms with van der Waals surface area (Å²) in [5.74, 6) is 1.85. The number of thiazole rings is 1. The minimum Gasteiger partial charge on any atom is -0.494 e. The van der Waals surface area contributed by atoms with E-state index in [9.17, 15) is 19.2 Å². The largest absolute Gasteiger partial charge is 0.494 e. The molecule has 0 aliphatic carbocycles. The van der Waals surface area contributed by atoms with Crippen LogP contribution >= 0.6 is 11.3 Å². The van der Waals surface area contributed by atoms with Crippen molar-refractivity contribution in [2.24, 2.45) is 10.4 Å². The molecule has 0 radical (unpaired) electrons. The second kappa shape index (κ2) is 32.0. The molecule has 3 aliphatic heterocycles. The first-order chi connectivity index (χ1) is 42.3. The van der Waals surface area contributed by atoms with Crippen LogP contribution in [-0.2, 0) is 40.7 Å². The third-order valence-corrected chi connectivity index (χ3v) is 17.0. The van der Waals surface area contributed by atoms with E-state index >= 15 is 0 Å². The summed E-state index contributed by atoms with van der Waals surface area (Å²) in [6.07, 6.45) is 13.3. The van der Waals surface area contributed by atoms with Crippen LogP contribution in [0, 0.1) is 12.3 Å². The molecule has 6 heterocycles. The van der Waals surface area contributed by atoms with Gasteiger partial charge in [-0.15, -0.1) is 11.3 Å². The first-order valence-electron chi connectivity index (χ1n) is 30.9. The maximum atomic E-state index is 14.0. The number of nitrogens with one attached hydrogen (secondary N) is 5.